The number of imidazole rings is 1. The second-order valence-electron chi connectivity index (χ2n) is 7.69. The van der Waals surface area contributed by atoms with Crippen molar-refractivity contribution < 1.29 is 4.79 Å². The topological polar surface area (TPSA) is 50.2 Å². The van der Waals surface area contributed by atoms with Crippen LogP contribution in [0.3, 0.4) is 0 Å². The van der Waals surface area contributed by atoms with Gasteiger partial charge in [0.1, 0.15) is 5.82 Å². The molecule has 5 heteroatoms. The molecule has 2 aliphatic rings. The third-order valence-corrected chi connectivity index (χ3v) is 6.34. The Bertz CT molecular complexity index is 798. The smallest absolute Gasteiger partial charge is 0.225 e. The number of benzene rings is 1. The number of hydrogen-bond acceptors (Lipinski definition) is 3. The van der Waals surface area contributed by atoms with Crippen LogP contribution >= 0.6 is 0 Å². The minimum absolute atomic E-state index is 0.0742. The zero-order valence-electron chi connectivity index (χ0n) is 15.9. The van der Waals surface area contributed by atoms with Gasteiger partial charge in [0.05, 0.1) is 18.2 Å². The summed E-state index contributed by atoms with van der Waals surface area (Å²) in [5.41, 5.74) is 3.52. The normalized spacial score (nSPS) is 25.4. The van der Waals surface area contributed by atoms with Crippen molar-refractivity contribution in [2.75, 3.05) is 6.54 Å². The molecule has 2 saturated heterocycles. The Labute approximate surface area is 155 Å². The van der Waals surface area contributed by atoms with Crippen LogP contribution in [-0.2, 0) is 18.4 Å². The molecule has 1 amide bonds. The molecule has 138 valence electrons. The van der Waals surface area contributed by atoms with E-state index >= 15 is 0 Å². The first-order valence-electron chi connectivity index (χ1n) is 9.63. The molecule has 5 nitrogen and oxygen atoms in total. The van der Waals surface area contributed by atoms with E-state index in [1.807, 2.05) is 14.0 Å². The van der Waals surface area contributed by atoms with Crippen LogP contribution in [0, 0.1) is 19.8 Å². The molecule has 26 heavy (non-hydrogen) atoms. The van der Waals surface area contributed by atoms with Crippen molar-refractivity contribution in [2.45, 2.75) is 51.7 Å². The van der Waals surface area contributed by atoms with E-state index in [2.05, 4.69) is 57.0 Å². The summed E-state index contributed by atoms with van der Waals surface area (Å²) in [4.78, 5) is 20.1. The highest BCUT2D eigenvalue weighted by Crippen LogP contribution is 2.44. The molecule has 0 spiro atoms. The molecule has 0 unspecified atom stereocenters. The fourth-order valence-electron chi connectivity index (χ4n) is 4.69. The lowest BCUT2D eigenvalue weighted by Gasteiger charge is -2.24. The average Bonchev–Trinajstić information content (AvgIpc) is 3.32. The summed E-state index contributed by atoms with van der Waals surface area (Å²) in [5, 5.41) is 3.16. The van der Waals surface area contributed by atoms with Gasteiger partial charge in [0.25, 0.3) is 0 Å². The van der Waals surface area contributed by atoms with Gasteiger partial charge in [0.2, 0.25) is 5.91 Å². The molecular formula is C21H28N4O. The maximum atomic E-state index is 13.0. The summed E-state index contributed by atoms with van der Waals surface area (Å²) in [6.07, 6.45) is 3.23. The Morgan fingerprint density at radius 3 is 2.73 bits per heavy atom. The fraction of sp³-hybridized carbons (Fsp3) is 0.524. The molecule has 0 bridgehead atoms. The molecule has 3 atom stereocenters. The first-order valence-corrected chi connectivity index (χ1v) is 9.63. The fourth-order valence-corrected chi connectivity index (χ4v) is 4.69. The first kappa shape index (κ1) is 17.3. The summed E-state index contributed by atoms with van der Waals surface area (Å²) >= 11 is 0. The Morgan fingerprint density at radius 2 is 2.04 bits per heavy atom. The van der Waals surface area contributed by atoms with Crippen LogP contribution < -0.4 is 5.32 Å². The molecule has 0 saturated carbocycles. The van der Waals surface area contributed by atoms with Gasteiger partial charge in [-0.25, -0.2) is 4.98 Å². The summed E-state index contributed by atoms with van der Waals surface area (Å²) < 4.78 is 2.07. The van der Waals surface area contributed by atoms with Crippen molar-refractivity contribution in [3.8, 4) is 0 Å². The highest BCUT2D eigenvalue weighted by molar-refractivity contribution is 5.80. The highest BCUT2D eigenvalue weighted by atomic mass is 16.2. The van der Waals surface area contributed by atoms with Gasteiger partial charge in [0, 0.05) is 24.8 Å². The second kappa shape index (κ2) is 6.88. The molecule has 2 aliphatic heterocycles. The van der Waals surface area contributed by atoms with Crippen molar-refractivity contribution in [3.63, 3.8) is 0 Å². The number of rotatable bonds is 4. The number of hydrogen-bond donors (Lipinski definition) is 1. The van der Waals surface area contributed by atoms with Gasteiger partial charge in [0.15, 0.2) is 0 Å². The maximum Gasteiger partial charge on any atom is 0.225 e. The molecule has 2 aromatic rings. The van der Waals surface area contributed by atoms with E-state index in [1.165, 1.54) is 12.0 Å². The zero-order chi connectivity index (χ0) is 18.3. The van der Waals surface area contributed by atoms with E-state index in [-0.39, 0.29) is 11.8 Å². The van der Waals surface area contributed by atoms with E-state index in [0.717, 1.165) is 36.6 Å². The second-order valence-corrected chi connectivity index (χ2v) is 7.69. The summed E-state index contributed by atoms with van der Waals surface area (Å²) in [6, 6.07) is 11.4. The quantitative estimate of drug-likeness (QED) is 0.920. The predicted octanol–water partition coefficient (Wildman–Crippen LogP) is 2.88. The average molecular weight is 352 g/mol. The molecule has 3 heterocycles. The van der Waals surface area contributed by atoms with Crippen molar-refractivity contribution in [1.82, 2.24) is 19.8 Å². The van der Waals surface area contributed by atoms with Crippen LogP contribution in [0.1, 0.15) is 48.1 Å². The standard InChI is InChI=1S/C21H28N4O/c1-14-15(2)24(3)20(23-14)13-22-21(26)17-12-19(16-8-5-4-6-9-16)25-11-7-10-18(17)25/h4-6,8-9,17-19H,7,10-13H2,1-3H3,(H,22,26)/t17-,18+,19-/m0/s1. The molecular weight excluding hydrogens is 324 g/mol. The molecule has 0 aliphatic carbocycles. The number of aryl methyl sites for hydroxylation is 1. The summed E-state index contributed by atoms with van der Waals surface area (Å²) in [6.45, 7) is 5.68. The monoisotopic (exact) mass is 352 g/mol. The van der Waals surface area contributed by atoms with Gasteiger partial charge in [-0.3, -0.25) is 9.69 Å². The van der Waals surface area contributed by atoms with Crippen LogP contribution in [-0.4, -0.2) is 32.9 Å². The van der Waals surface area contributed by atoms with E-state index in [9.17, 15) is 4.79 Å². The largest absolute Gasteiger partial charge is 0.349 e. The SMILES string of the molecule is Cc1nc(CNC(=O)[C@H]2C[C@@H](c3ccccc3)N3CCC[C@H]23)n(C)c1C. The molecule has 1 aromatic heterocycles. The number of amides is 1. The van der Waals surface area contributed by atoms with Crippen LogP contribution in [0.4, 0.5) is 0 Å². The van der Waals surface area contributed by atoms with Gasteiger partial charge in [-0.2, -0.15) is 0 Å². The minimum Gasteiger partial charge on any atom is -0.349 e. The molecule has 0 radical (unpaired) electrons. The van der Waals surface area contributed by atoms with Gasteiger partial charge in [-0.1, -0.05) is 30.3 Å². The Morgan fingerprint density at radius 1 is 1.27 bits per heavy atom. The van der Waals surface area contributed by atoms with Crippen molar-refractivity contribution in [3.05, 3.63) is 53.1 Å². The van der Waals surface area contributed by atoms with Gasteiger partial charge in [-0.05, 0) is 45.2 Å². The number of carbonyl (C=O) groups is 1. The molecule has 1 aromatic carbocycles. The van der Waals surface area contributed by atoms with E-state index < -0.39 is 0 Å². The van der Waals surface area contributed by atoms with Crippen molar-refractivity contribution in [2.24, 2.45) is 13.0 Å². The Kier molecular flexibility index (Phi) is 4.57. The van der Waals surface area contributed by atoms with Crippen LogP contribution in [0.15, 0.2) is 30.3 Å². The van der Waals surface area contributed by atoms with Gasteiger partial charge < -0.3 is 9.88 Å². The number of fused-ring (bicyclic) bond motifs is 1. The molecule has 4 rings (SSSR count). The molecule has 1 N–H and O–H groups in total. The summed E-state index contributed by atoms with van der Waals surface area (Å²) in [5.74, 6) is 1.18. The number of carbonyl (C=O) groups excluding carboxylic acids is 1. The van der Waals surface area contributed by atoms with Crippen LogP contribution in [0.25, 0.3) is 0 Å². The minimum atomic E-state index is 0.0742. The Hall–Kier alpha value is -2.14. The predicted molar refractivity (Wildman–Crippen MR) is 102 cm³/mol. The van der Waals surface area contributed by atoms with Crippen LogP contribution in [0.5, 0.6) is 0 Å². The lowest BCUT2D eigenvalue weighted by atomic mass is 9.93. The van der Waals surface area contributed by atoms with Crippen LogP contribution in [0.2, 0.25) is 0 Å². The van der Waals surface area contributed by atoms with Crippen molar-refractivity contribution >= 4 is 5.91 Å². The van der Waals surface area contributed by atoms with E-state index in [1.54, 1.807) is 0 Å². The lowest BCUT2D eigenvalue weighted by Crippen LogP contribution is -2.37. The first-order chi connectivity index (χ1) is 12.6. The zero-order valence-corrected chi connectivity index (χ0v) is 15.9. The summed E-state index contributed by atoms with van der Waals surface area (Å²) in [7, 11) is 2.01. The highest BCUT2D eigenvalue weighted by Gasteiger charge is 2.46. The lowest BCUT2D eigenvalue weighted by molar-refractivity contribution is -0.125. The van der Waals surface area contributed by atoms with E-state index in [0.29, 0.717) is 18.6 Å². The third-order valence-electron chi connectivity index (χ3n) is 6.34. The number of nitrogens with zero attached hydrogens (tertiary/aromatic N) is 3. The van der Waals surface area contributed by atoms with Crippen molar-refractivity contribution in [1.29, 1.82) is 0 Å². The number of aromatic nitrogens is 2. The van der Waals surface area contributed by atoms with Gasteiger partial charge >= 0.3 is 0 Å². The number of nitrogens with one attached hydrogen (secondary N) is 1. The van der Waals surface area contributed by atoms with Gasteiger partial charge in [-0.15, -0.1) is 0 Å². The maximum absolute atomic E-state index is 13.0. The van der Waals surface area contributed by atoms with E-state index in [4.69, 9.17) is 0 Å². The third kappa shape index (κ3) is 2.94. The Balaban J connectivity index is 1.46. The molecule has 2 fully saturated rings.